The highest BCUT2D eigenvalue weighted by Crippen LogP contribution is 2.68. The first-order valence-electron chi connectivity index (χ1n) is 16.3. The normalized spacial score (nSPS) is 38.7. The highest BCUT2D eigenvalue weighted by atomic mass is 32.2. The maximum atomic E-state index is 13.3. The summed E-state index contributed by atoms with van der Waals surface area (Å²) in [5, 5.41) is 0. The highest BCUT2D eigenvalue weighted by molar-refractivity contribution is 8.00. The molecule has 0 aromatic heterocycles. The van der Waals surface area contributed by atoms with Gasteiger partial charge in [-0.3, -0.25) is 9.59 Å². The molecule has 1 aromatic rings. The maximum Gasteiger partial charge on any atom is 0.143 e. The van der Waals surface area contributed by atoms with E-state index < -0.39 is 0 Å². The molecular weight excluding hydrogens is 496 g/mol. The van der Waals surface area contributed by atoms with Gasteiger partial charge < -0.3 is 0 Å². The molecule has 0 N–H and O–H groups in total. The number of thioether (sulfide) groups is 1. The molecule has 39 heavy (non-hydrogen) atoms. The number of hydrogen-bond acceptors (Lipinski definition) is 3. The van der Waals surface area contributed by atoms with E-state index in [4.69, 9.17) is 0 Å². The number of rotatable bonds is 10. The van der Waals surface area contributed by atoms with Gasteiger partial charge in [0.2, 0.25) is 0 Å². The number of hydrogen-bond donors (Lipinski definition) is 0. The van der Waals surface area contributed by atoms with Gasteiger partial charge in [-0.15, -0.1) is 11.8 Å². The Morgan fingerprint density at radius 1 is 0.949 bits per heavy atom. The lowest BCUT2D eigenvalue weighted by Gasteiger charge is -2.61. The van der Waals surface area contributed by atoms with Crippen LogP contribution in [0.1, 0.15) is 112 Å². The molecule has 0 amide bonds. The van der Waals surface area contributed by atoms with Crippen LogP contribution in [-0.4, -0.2) is 17.3 Å². The van der Waals surface area contributed by atoms with Crippen LogP contribution in [0, 0.1) is 58.2 Å². The van der Waals surface area contributed by atoms with E-state index in [1.54, 1.807) is 11.8 Å². The minimum absolute atomic E-state index is 0.0560. The first kappa shape index (κ1) is 29.4. The van der Waals surface area contributed by atoms with Crippen LogP contribution in [0.5, 0.6) is 0 Å². The lowest BCUT2D eigenvalue weighted by Crippen LogP contribution is -2.55. The largest absolute Gasteiger partial charge is 0.299 e. The zero-order valence-corrected chi connectivity index (χ0v) is 26.2. The lowest BCUT2D eigenvalue weighted by atomic mass is 9.43. The van der Waals surface area contributed by atoms with E-state index in [-0.39, 0.29) is 17.1 Å². The summed E-state index contributed by atoms with van der Waals surface area (Å²) in [6, 6.07) is 10.2. The summed E-state index contributed by atoms with van der Waals surface area (Å²) in [6.45, 7) is 12.5. The number of ketones is 2. The number of fused-ring (bicyclic) bond motifs is 5. The minimum atomic E-state index is -0.0560. The molecule has 0 aliphatic heterocycles. The summed E-state index contributed by atoms with van der Waals surface area (Å²) in [4.78, 5) is 27.4. The van der Waals surface area contributed by atoms with E-state index >= 15 is 0 Å². The zero-order chi connectivity index (χ0) is 27.8. The summed E-state index contributed by atoms with van der Waals surface area (Å²) in [5.74, 6) is 6.59. The monoisotopic (exact) mass is 550 g/mol. The Kier molecular flexibility index (Phi) is 9.07. The first-order chi connectivity index (χ1) is 18.6. The molecule has 5 rings (SSSR count). The Morgan fingerprint density at radius 2 is 1.69 bits per heavy atom. The standard InChI is InChI=1S/C36H54O2S/c1-24(2)10-9-11-25(3)31-16-17-32-30-15-14-27-21-34(38)26(20-28(37)23-39-29-12-7-6-8-13-29)22-36(27,5)33(30)18-19-35(31,32)4/h6-8,12-13,24-27,30-33H,9-11,14-23H2,1-5H3/t25-,26-,27+,30+,31-,32+,33+,35-,36+/m1/s1. The predicted octanol–water partition coefficient (Wildman–Crippen LogP) is 9.65. The van der Waals surface area contributed by atoms with Crippen LogP contribution in [0.4, 0.5) is 0 Å². The van der Waals surface area contributed by atoms with Crippen LogP contribution in [0.3, 0.4) is 0 Å². The van der Waals surface area contributed by atoms with Crippen LogP contribution < -0.4 is 0 Å². The van der Waals surface area contributed by atoms with E-state index in [1.165, 1.54) is 57.8 Å². The van der Waals surface area contributed by atoms with Crippen LogP contribution in [0.25, 0.3) is 0 Å². The maximum absolute atomic E-state index is 13.3. The van der Waals surface area contributed by atoms with Crippen LogP contribution >= 0.6 is 11.8 Å². The molecule has 0 unspecified atom stereocenters. The first-order valence-corrected chi connectivity index (χ1v) is 17.3. The zero-order valence-electron chi connectivity index (χ0n) is 25.4. The smallest absolute Gasteiger partial charge is 0.143 e. The average molecular weight is 551 g/mol. The number of Topliss-reactive ketones (excluding diaryl/α,β-unsaturated/α-hetero) is 2. The number of carbonyl (C=O) groups excluding carboxylic acids is 2. The Hall–Kier alpha value is -1.09. The molecule has 0 bridgehead atoms. The van der Waals surface area contributed by atoms with Gasteiger partial charge in [0.05, 0.1) is 5.75 Å². The molecule has 3 heteroatoms. The third-order valence-electron chi connectivity index (χ3n) is 12.5. The summed E-state index contributed by atoms with van der Waals surface area (Å²) in [7, 11) is 0. The molecule has 4 aliphatic rings. The highest BCUT2D eigenvalue weighted by Gasteiger charge is 2.61. The second kappa shape index (κ2) is 12.0. The van der Waals surface area contributed by atoms with E-state index in [0.29, 0.717) is 29.3 Å². The fourth-order valence-electron chi connectivity index (χ4n) is 10.5. The van der Waals surface area contributed by atoms with Gasteiger partial charge in [-0.2, -0.15) is 0 Å². The molecule has 4 fully saturated rings. The molecule has 0 spiro atoms. The molecule has 0 heterocycles. The van der Waals surface area contributed by atoms with Crippen molar-refractivity contribution in [1.82, 2.24) is 0 Å². The summed E-state index contributed by atoms with van der Waals surface area (Å²) in [5.41, 5.74) is 0.743. The number of benzene rings is 1. The molecule has 4 saturated carbocycles. The molecule has 9 atom stereocenters. The van der Waals surface area contributed by atoms with E-state index in [2.05, 4.69) is 46.8 Å². The Balaban J connectivity index is 1.23. The lowest BCUT2D eigenvalue weighted by molar-refractivity contribution is -0.150. The van der Waals surface area contributed by atoms with Gasteiger partial charge in [0.1, 0.15) is 11.6 Å². The third-order valence-corrected chi connectivity index (χ3v) is 13.5. The van der Waals surface area contributed by atoms with Crippen LogP contribution in [0.2, 0.25) is 0 Å². The topological polar surface area (TPSA) is 34.1 Å². The molecule has 4 aliphatic carbocycles. The summed E-state index contributed by atoms with van der Waals surface area (Å²) in [6.07, 6.45) is 14.4. The van der Waals surface area contributed by atoms with Crippen LogP contribution in [-0.2, 0) is 9.59 Å². The quantitative estimate of drug-likeness (QED) is 0.272. The van der Waals surface area contributed by atoms with E-state index in [0.717, 1.165) is 53.2 Å². The summed E-state index contributed by atoms with van der Waals surface area (Å²) >= 11 is 1.62. The van der Waals surface area contributed by atoms with Crippen molar-refractivity contribution in [3.63, 3.8) is 0 Å². The van der Waals surface area contributed by atoms with E-state index in [1.807, 2.05) is 18.2 Å². The molecule has 2 nitrogen and oxygen atoms in total. The van der Waals surface area contributed by atoms with Gasteiger partial charge in [-0.1, -0.05) is 72.1 Å². The molecule has 0 saturated heterocycles. The van der Waals surface area contributed by atoms with Crippen molar-refractivity contribution < 1.29 is 9.59 Å². The van der Waals surface area contributed by atoms with Gasteiger partial charge in [0.15, 0.2) is 0 Å². The van der Waals surface area contributed by atoms with Crippen molar-refractivity contribution >= 4 is 23.3 Å². The minimum Gasteiger partial charge on any atom is -0.299 e. The molecule has 0 radical (unpaired) electrons. The average Bonchev–Trinajstić information content (AvgIpc) is 3.26. The molecular formula is C36H54O2S. The van der Waals surface area contributed by atoms with Crippen molar-refractivity contribution in [2.24, 2.45) is 58.2 Å². The number of carbonyl (C=O) groups is 2. The Morgan fingerprint density at radius 3 is 2.44 bits per heavy atom. The summed E-state index contributed by atoms with van der Waals surface area (Å²) < 4.78 is 0. The Bertz CT molecular complexity index is 1000. The van der Waals surface area contributed by atoms with Crippen molar-refractivity contribution in [1.29, 1.82) is 0 Å². The van der Waals surface area contributed by atoms with Crippen molar-refractivity contribution in [3.05, 3.63) is 30.3 Å². The van der Waals surface area contributed by atoms with Gasteiger partial charge in [0, 0.05) is 23.7 Å². The second-order valence-electron chi connectivity index (χ2n) is 15.1. The van der Waals surface area contributed by atoms with Gasteiger partial charge in [0.25, 0.3) is 0 Å². The van der Waals surface area contributed by atoms with Crippen LogP contribution in [0.15, 0.2) is 35.2 Å². The predicted molar refractivity (Wildman–Crippen MR) is 164 cm³/mol. The van der Waals surface area contributed by atoms with Crippen molar-refractivity contribution in [2.45, 2.75) is 117 Å². The van der Waals surface area contributed by atoms with Gasteiger partial charge in [-0.05, 0) is 109 Å². The molecule has 1 aromatic carbocycles. The Labute approximate surface area is 243 Å². The third kappa shape index (κ3) is 5.96. The van der Waals surface area contributed by atoms with Crippen molar-refractivity contribution in [3.8, 4) is 0 Å². The van der Waals surface area contributed by atoms with Gasteiger partial charge >= 0.3 is 0 Å². The fraction of sp³-hybridized carbons (Fsp3) is 0.778. The van der Waals surface area contributed by atoms with E-state index in [9.17, 15) is 9.59 Å². The van der Waals surface area contributed by atoms with Gasteiger partial charge in [-0.25, -0.2) is 0 Å². The SMILES string of the molecule is CC(C)CCC[C@@H](C)[C@H]1CC[C@H]2[C@@H]3CC[C@H]4CC(=O)[C@H](CC(=O)CSc5ccccc5)C[C@]4(C)[C@H]3CC[C@]12C. The fourth-order valence-corrected chi connectivity index (χ4v) is 11.3. The van der Waals surface area contributed by atoms with Crippen molar-refractivity contribution in [2.75, 3.05) is 5.75 Å². The molecule has 216 valence electrons. The second-order valence-corrected chi connectivity index (χ2v) is 16.2.